The van der Waals surface area contributed by atoms with Crippen LogP contribution in [-0.2, 0) is 47.3 Å². The molecule has 2 saturated carbocycles. The predicted molar refractivity (Wildman–Crippen MR) is 257 cm³/mol. The van der Waals surface area contributed by atoms with E-state index in [2.05, 4.69) is 5.32 Å². The molecule has 1 aliphatic heterocycles. The van der Waals surface area contributed by atoms with Crippen LogP contribution < -0.4 is 5.32 Å². The van der Waals surface area contributed by atoms with Crippen molar-refractivity contribution in [3.8, 4) is 0 Å². The first-order chi connectivity index (χ1) is 32.2. The highest BCUT2D eigenvalue weighted by atomic mass is 28.4. The number of amides is 1. The Hall–Kier alpha value is -5.48. The van der Waals surface area contributed by atoms with Gasteiger partial charge < -0.3 is 38.5 Å². The van der Waals surface area contributed by atoms with E-state index in [-0.39, 0.29) is 24.2 Å². The first-order valence-corrected chi connectivity index (χ1v) is 26.6. The highest BCUT2D eigenvalue weighted by molar-refractivity contribution is 6.74. The van der Waals surface area contributed by atoms with Crippen molar-refractivity contribution in [1.29, 1.82) is 0 Å². The smallest absolute Gasteiger partial charge is 0.338 e. The number of carbonyl (C=O) groups is 6. The molecule has 69 heavy (non-hydrogen) atoms. The van der Waals surface area contributed by atoms with Crippen LogP contribution in [0.5, 0.6) is 0 Å². The Morgan fingerprint density at radius 3 is 1.91 bits per heavy atom. The summed E-state index contributed by atoms with van der Waals surface area (Å²) in [4.78, 5) is 86.6. The molecule has 0 spiro atoms. The minimum atomic E-state index is -2.91. The number of nitrogens with one attached hydrogen (secondary N) is 1. The molecule has 2 N–H and O–H groups in total. The molecule has 11 atom stereocenters. The SMILES string of the molecule is CC(=O)O[C@H]1C(=O)[C@]2(C)[C@@H](C)CC3OC[C@@]3(OC(C)=O)[C@H]2[C@H](OC(=O)c2ccccc2)[C@]2(O)C[C@H](OC(=O)[C@@H](O[Si](C)(C)C(C)(C)C)[C@@H](NC(=O)c3ccccc3)c3ccccc3)C(C)=C1C2(C)C. The van der Waals surface area contributed by atoms with Crippen LogP contribution in [-0.4, -0.2) is 97.3 Å². The number of benzene rings is 3. The molecular formula is C54H67NO13Si. The van der Waals surface area contributed by atoms with Gasteiger partial charge in [-0.15, -0.1) is 0 Å². The van der Waals surface area contributed by atoms with E-state index in [0.717, 1.165) is 0 Å². The number of Topliss-reactive ketones (excluding diaryl/α,β-unsaturated/α-hetero) is 1. The van der Waals surface area contributed by atoms with Crippen LogP contribution in [0.15, 0.2) is 102 Å². The van der Waals surface area contributed by atoms with Crippen LogP contribution in [0.2, 0.25) is 18.1 Å². The van der Waals surface area contributed by atoms with Crippen molar-refractivity contribution >= 4 is 43.9 Å². The van der Waals surface area contributed by atoms with Gasteiger partial charge in [0.15, 0.2) is 31.9 Å². The van der Waals surface area contributed by atoms with E-state index in [0.29, 0.717) is 16.7 Å². The third-order valence-electron chi connectivity index (χ3n) is 16.1. The van der Waals surface area contributed by atoms with Crippen molar-refractivity contribution in [3.05, 3.63) is 119 Å². The van der Waals surface area contributed by atoms with Crippen molar-refractivity contribution in [2.24, 2.45) is 22.7 Å². The maximum Gasteiger partial charge on any atom is 0.338 e. The molecule has 3 fully saturated rings. The van der Waals surface area contributed by atoms with E-state index in [4.69, 9.17) is 28.1 Å². The fourth-order valence-corrected chi connectivity index (χ4v) is 12.3. The largest absolute Gasteiger partial charge is 0.456 e. The van der Waals surface area contributed by atoms with Crippen LogP contribution in [0.25, 0.3) is 0 Å². The molecule has 7 rings (SSSR count). The van der Waals surface area contributed by atoms with Crippen LogP contribution in [0.3, 0.4) is 0 Å². The number of carbonyl (C=O) groups excluding carboxylic acids is 6. The Morgan fingerprint density at radius 2 is 1.39 bits per heavy atom. The molecule has 14 nitrogen and oxygen atoms in total. The summed E-state index contributed by atoms with van der Waals surface area (Å²) in [5, 5.41) is 16.7. The Labute approximate surface area is 405 Å². The molecule has 3 aliphatic carbocycles. The minimum absolute atomic E-state index is 0.152. The van der Waals surface area contributed by atoms with Crippen LogP contribution in [0.4, 0.5) is 0 Å². The summed E-state index contributed by atoms with van der Waals surface area (Å²) >= 11 is 0. The monoisotopic (exact) mass is 965 g/mol. The number of rotatable bonds is 12. The number of aliphatic hydroxyl groups is 1. The van der Waals surface area contributed by atoms with Gasteiger partial charge in [-0.25, -0.2) is 9.59 Å². The summed E-state index contributed by atoms with van der Waals surface area (Å²) in [5.74, 6) is -6.08. The second-order valence-electron chi connectivity index (χ2n) is 21.6. The maximum absolute atomic E-state index is 15.9. The lowest BCUT2D eigenvalue weighted by Crippen LogP contribution is -2.80. The zero-order chi connectivity index (χ0) is 50.6. The predicted octanol–water partition coefficient (Wildman–Crippen LogP) is 8.04. The Balaban J connectivity index is 1.44. The molecule has 0 radical (unpaired) electrons. The molecule has 1 saturated heterocycles. The Bertz CT molecular complexity index is 2500. The molecule has 370 valence electrons. The van der Waals surface area contributed by atoms with Gasteiger partial charge in [-0.2, -0.15) is 0 Å². The van der Waals surface area contributed by atoms with E-state index in [1.165, 1.54) is 13.8 Å². The van der Waals surface area contributed by atoms with E-state index in [9.17, 15) is 24.3 Å². The molecule has 1 unspecified atom stereocenters. The van der Waals surface area contributed by atoms with Gasteiger partial charge >= 0.3 is 23.9 Å². The quantitative estimate of drug-likeness (QED) is 0.0769. The second-order valence-corrected chi connectivity index (χ2v) is 26.3. The van der Waals surface area contributed by atoms with Crippen molar-refractivity contribution in [2.45, 2.75) is 148 Å². The van der Waals surface area contributed by atoms with Crippen LogP contribution in [0.1, 0.15) is 114 Å². The van der Waals surface area contributed by atoms with Crippen LogP contribution >= 0.6 is 0 Å². The molecule has 15 heteroatoms. The summed E-state index contributed by atoms with van der Waals surface area (Å²) < 4.78 is 38.8. The highest BCUT2D eigenvalue weighted by Gasteiger charge is 2.78. The second kappa shape index (κ2) is 18.7. The Kier molecular flexibility index (Phi) is 13.9. The van der Waals surface area contributed by atoms with Gasteiger partial charge in [-0.05, 0) is 78.4 Å². The molecule has 1 heterocycles. The van der Waals surface area contributed by atoms with Gasteiger partial charge in [0.25, 0.3) is 5.91 Å². The van der Waals surface area contributed by atoms with Gasteiger partial charge in [-0.3, -0.25) is 19.2 Å². The van der Waals surface area contributed by atoms with Crippen molar-refractivity contribution in [2.75, 3.05) is 6.61 Å². The molecular weight excluding hydrogens is 899 g/mol. The minimum Gasteiger partial charge on any atom is -0.456 e. The fourth-order valence-electron chi connectivity index (χ4n) is 11.1. The number of hydrogen-bond acceptors (Lipinski definition) is 13. The van der Waals surface area contributed by atoms with E-state index in [1.54, 1.807) is 113 Å². The van der Waals surface area contributed by atoms with Crippen molar-refractivity contribution in [1.82, 2.24) is 5.32 Å². The number of fused-ring (bicyclic) bond motifs is 5. The maximum atomic E-state index is 15.9. The van der Waals surface area contributed by atoms with Crippen molar-refractivity contribution in [3.63, 3.8) is 0 Å². The summed E-state index contributed by atoms with van der Waals surface area (Å²) in [5.41, 5.74) is -5.49. The molecule has 3 aromatic carbocycles. The topological polar surface area (TPSA) is 190 Å². The van der Waals surface area contributed by atoms with Crippen LogP contribution in [0, 0.1) is 22.7 Å². The summed E-state index contributed by atoms with van der Waals surface area (Å²) in [6, 6.07) is 24.6. The van der Waals surface area contributed by atoms with E-state index in [1.807, 2.05) is 46.9 Å². The molecule has 4 aliphatic rings. The first-order valence-electron chi connectivity index (χ1n) is 23.7. The summed E-state index contributed by atoms with van der Waals surface area (Å²) in [7, 11) is -2.91. The van der Waals surface area contributed by atoms with Gasteiger partial charge in [0.2, 0.25) is 0 Å². The number of ether oxygens (including phenoxy) is 5. The number of hydrogen-bond donors (Lipinski definition) is 2. The first kappa shape index (κ1) is 51.4. The summed E-state index contributed by atoms with van der Waals surface area (Å²) in [6.07, 6.45) is -7.04. The molecule has 1 amide bonds. The molecule has 3 aromatic rings. The van der Waals surface area contributed by atoms with Gasteiger partial charge in [0.05, 0.1) is 24.1 Å². The van der Waals surface area contributed by atoms with E-state index >= 15 is 9.59 Å². The number of ketones is 1. The van der Waals surface area contributed by atoms with Gasteiger partial charge in [0, 0.05) is 36.7 Å². The normalized spacial score (nSPS) is 30.4. The zero-order valence-corrected chi connectivity index (χ0v) is 42.7. The lowest BCUT2D eigenvalue weighted by molar-refractivity contribution is -0.340. The van der Waals surface area contributed by atoms with Crippen molar-refractivity contribution < 1.29 is 62.0 Å². The number of esters is 4. The highest BCUT2D eigenvalue weighted by Crippen LogP contribution is 2.65. The van der Waals surface area contributed by atoms with E-state index < -0.39 is 126 Å². The standard InChI is InChI=1S/C54H67NO13Si/c1-31-28-39-53(30-63-39,67-34(4)57)44-46(66-48(60)37-26-20-15-21-27-37)54(62)29-38(32(2)40(51(54,8)9)42(64-33(3)56)45(58)52(31,44)10)65-49(61)43(68-69(11,12)50(5,6)7)41(35-22-16-13-17-23-35)55-47(59)36-24-18-14-19-25-36/h13-27,31,38-39,41-44,46,62H,28-30H2,1-12H3,(H,55,59)/t31-,38-,39?,41-,42+,43-,44-,46-,52+,53-,54+/m0/s1. The molecule has 2 bridgehead atoms. The summed E-state index contributed by atoms with van der Waals surface area (Å²) in [6.45, 7) is 20.8. The lowest BCUT2D eigenvalue weighted by Gasteiger charge is -2.68. The average Bonchev–Trinajstić information content (AvgIpc) is 3.28. The fraction of sp³-hybridized carbons (Fsp3) is 0.519. The zero-order valence-electron chi connectivity index (χ0n) is 41.7. The van der Waals surface area contributed by atoms with Gasteiger partial charge in [0.1, 0.15) is 23.9 Å². The average molecular weight is 966 g/mol. The Morgan fingerprint density at radius 1 is 0.826 bits per heavy atom. The van der Waals surface area contributed by atoms with Gasteiger partial charge in [-0.1, -0.05) is 115 Å². The third-order valence-corrected chi connectivity index (χ3v) is 20.6. The lowest BCUT2D eigenvalue weighted by atomic mass is 9.43. The molecule has 0 aromatic heterocycles. The third kappa shape index (κ3) is 9.00.